The van der Waals surface area contributed by atoms with Gasteiger partial charge >= 0.3 is 11.7 Å². The average molecular weight is 411 g/mol. The van der Waals surface area contributed by atoms with Crippen molar-refractivity contribution in [2.75, 3.05) is 13.7 Å². The largest absolute Gasteiger partial charge is 0.497 e. The highest BCUT2D eigenvalue weighted by Gasteiger charge is 2.22. The summed E-state index contributed by atoms with van der Waals surface area (Å²) < 4.78 is 15.8. The van der Waals surface area contributed by atoms with E-state index < -0.39 is 23.8 Å². The lowest BCUT2D eigenvalue weighted by Gasteiger charge is -2.08. The number of esters is 1. The third kappa shape index (κ3) is 2.88. The van der Waals surface area contributed by atoms with Crippen molar-refractivity contribution in [3.63, 3.8) is 0 Å². The topological polar surface area (TPSA) is 102 Å². The Morgan fingerprint density at radius 2 is 2.00 bits per heavy atom. The van der Waals surface area contributed by atoms with E-state index in [0.29, 0.717) is 11.5 Å². The Morgan fingerprint density at radius 1 is 1.23 bits per heavy atom. The Balaban J connectivity index is 2.01. The number of ether oxygens (including phenoxy) is 2. The number of carbonyl (C=O) groups excluding carboxylic acids is 1. The summed E-state index contributed by atoms with van der Waals surface area (Å²) in [5, 5.41) is 0. The highest BCUT2D eigenvalue weighted by Crippen LogP contribution is 2.23. The van der Waals surface area contributed by atoms with Gasteiger partial charge in [0, 0.05) is 25.0 Å². The quantitative estimate of drug-likeness (QED) is 0.455. The molecule has 3 aromatic heterocycles. The number of aryl methyl sites for hydroxylation is 2. The maximum absolute atomic E-state index is 13.1. The summed E-state index contributed by atoms with van der Waals surface area (Å²) in [7, 11) is 3.10. The van der Waals surface area contributed by atoms with Crippen LogP contribution in [0.4, 0.5) is 0 Å². The van der Waals surface area contributed by atoms with Crippen LogP contribution in [0.1, 0.15) is 12.6 Å². The van der Waals surface area contributed by atoms with Gasteiger partial charge in [0.25, 0.3) is 5.56 Å². The number of rotatable bonds is 5. The first-order valence-electron chi connectivity index (χ1n) is 9.37. The van der Waals surface area contributed by atoms with E-state index >= 15 is 0 Å². The van der Waals surface area contributed by atoms with Gasteiger partial charge in [-0.3, -0.25) is 23.1 Å². The van der Waals surface area contributed by atoms with Gasteiger partial charge in [0.2, 0.25) is 5.78 Å². The lowest BCUT2D eigenvalue weighted by atomic mass is 10.3. The Bertz CT molecular complexity index is 1410. The number of aromatic nitrogens is 5. The Labute approximate surface area is 170 Å². The molecule has 0 amide bonds. The molecule has 4 aromatic rings. The van der Waals surface area contributed by atoms with Gasteiger partial charge in [-0.2, -0.15) is 4.98 Å². The highest BCUT2D eigenvalue weighted by molar-refractivity contribution is 5.77. The van der Waals surface area contributed by atoms with Crippen LogP contribution >= 0.6 is 0 Å². The molecule has 0 spiro atoms. The van der Waals surface area contributed by atoms with E-state index in [1.807, 2.05) is 35.8 Å². The minimum atomic E-state index is -0.651. The number of hydrogen-bond donors (Lipinski definition) is 0. The van der Waals surface area contributed by atoms with Gasteiger partial charge in [-0.15, -0.1) is 0 Å². The van der Waals surface area contributed by atoms with Gasteiger partial charge in [0.05, 0.1) is 19.4 Å². The van der Waals surface area contributed by atoms with Crippen molar-refractivity contribution in [1.29, 1.82) is 0 Å². The van der Waals surface area contributed by atoms with E-state index in [2.05, 4.69) is 4.98 Å². The summed E-state index contributed by atoms with van der Waals surface area (Å²) in [4.78, 5) is 42.3. The smallest absolute Gasteiger partial charge is 0.333 e. The van der Waals surface area contributed by atoms with E-state index in [4.69, 9.17) is 9.47 Å². The summed E-state index contributed by atoms with van der Waals surface area (Å²) in [5.41, 5.74) is 0.840. The molecular weight excluding hydrogens is 390 g/mol. The molecular formula is C20H21N5O5. The van der Waals surface area contributed by atoms with Gasteiger partial charge < -0.3 is 9.47 Å². The van der Waals surface area contributed by atoms with Crippen LogP contribution in [-0.4, -0.2) is 42.8 Å². The fraction of sp³-hybridized carbons (Fsp3) is 0.300. The minimum Gasteiger partial charge on any atom is -0.497 e. The molecule has 0 unspecified atom stereocenters. The fourth-order valence-corrected chi connectivity index (χ4v) is 3.55. The molecule has 1 aromatic carbocycles. The number of fused-ring (bicyclic) bond motifs is 3. The van der Waals surface area contributed by atoms with Crippen molar-refractivity contribution in [3.8, 4) is 11.4 Å². The zero-order valence-corrected chi connectivity index (χ0v) is 17.1. The van der Waals surface area contributed by atoms with Crippen molar-refractivity contribution in [1.82, 2.24) is 23.1 Å². The lowest BCUT2D eigenvalue weighted by Crippen LogP contribution is -2.41. The second kappa shape index (κ2) is 7.21. The summed E-state index contributed by atoms with van der Waals surface area (Å²) in [5.74, 6) is 0.498. The molecule has 0 aliphatic carbocycles. The molecule has 0 saturated carbocycles. The van der Waals surface area contributed by atoms with Gasteiger partial charge in [0.15, 0.2) is 11.2 Å². The Kier molecular flexibility index (Phi) is 4.69. The van der Waals surface area contributed by atoms with Gasteiger partial charge in [0.1, 0.15) is 12.3 Å². The number of benzene rings is 1. The summed E-state index contributed by atoms with van der Waals surface area (Å²) in [6.07, 6.45) is 1.77. The van der Waals surface area contributed by atoms with E-state index in [0.717, 1.165) is 15.9 Å². The molecule has 10 heteroatoms. The van der Waals surface area contributed by atoms with Crippen molar-refractivity contribution < 1.29 is 14.3 Å². The second-order valence-corrected chi connectivity index (χ2v) is 6.80. The molecule has 0 aliphatic heterocycles. The van der Waals surface area contributed by atoms with Crippen molar-refractivity contribution in [3.05, 3.63) is 57.0 Å². The molecule has 0 N–H and O–H groups in total. The fourth-order valence-electron chi connectivity index (χ4n) is 3.55. The summed E-state index contributed by atoms with van der Waals surface area (Å²) in [6.45, 7) is 3.25. The zero-order valence-electron chi connectivity index (χ0n) is 17.1. The molecule has 0 fully saturated rings. The van der Waals surface area contributed by atoms with Crippen LogP contribution in [0, 0.1) is 6.92 Å². The molecule has 0 radical (unpaired) electrons. The zero-order chi connectivity index (χ0) is 21.6. The van der Waals surface area contributed by atoms with E-state index in [9.17, 15) is 14.4 Å². The van der Waals surface area contributed by atoms with E-state index in [1.165, 1.54) is 11.6 Å². The third-order valence-electron chi connectivity index (χ3n) is 4.93. The van der Waals surface area contributed by atoms with E-state index in [-0.39, 0.29) is 17.8 Å². The number of imidazole rings is 2. The van der Waals surface area contributed by atoms with Crippen LogP contribution in [0.5, 0.6) is 5.75 Å². The monoisotopic (exact) mass is 411 g/mol. The normalized spacial score (nSPS) is 11.3. The van der Waals surface area contributed by atoms with Crippen LogP contribution in [0.3, 0.4) is 0 Å². The molecule has 0 bridgehead atoms. The predicted octanol–water partition coefficient (Wildman–Crippen LogP) is 1.02. The molecule has 0 saturated heterocycles. The van der Waals surface area contributed by atoms with Gasteiger partial charge in [-0.05, 0) is 26.0 Å². The SMILES string of the molecule is CCOC(=O)Cn1c(=O)c2c(nc3n(-c4cccc(OC)c4)c(C)cn23)n(C)c1=O. The maximum Gasteiger partial charge on any atom is 0.333 e. The molecule has 0 aliphatic rings. The van der Waals surface area contributed by atoms with Crippen LogP contribution in [0.2, 0.25) is 0 Å². The first-order valence-corrected chi connectivity index (χ1v) is 9.37. The van der Waals surface area contributed by atoms with Crippen LogP contribution in [0.15, 0.2) is 40.1 Å². The number of carbonyl (C=O) groups is 1. The molecule has 10 nitrogen and oxygen atoms in total. The number of nitrogens with zero attached hydrogens (tertiary/aromatic N) is 5. The highest BCUT2D eigenvalue weighted by atomic mass is 16.5. The second-order valence-electron chi connectivity index (χ2n) is 6.80. The Hall–Kier alpha value is -3.82. The van der Waals surface area contributed by atoms with Crippen molar-refractivity contribution >= 4 is 22.9 Å². The summed E-state index contributed by atoms with van der Waals surface area (Å²) >= 11 is 0. The predicted molar refractivity (Wildman–Crippen MR) is 109 cm³/mol. The van der Waals surface area contributed by atoms with Gasteiger partial charge in [-0.1, -0.05) is 6.07 Å². The van der Waals surface area contributed by atoms with E-state index in [1.54, 1.807) is 24.6 Å². The third-order valence-corrected chi connectivity index (χ3v) is 4.93. The van der Waals surface area contributed by atoms with Crippen LogP contribution in [0.25, 0.3) is 22.6 Å². The summed E-state index contributed by atoms with van der Waals surface area (Å²) in [6, 6.07) is 7.44. The molecule has 0 atom stereocenters. The number of hydrogen-bond acceptors (Lipinski definition) is 6. The molecule has 30 heavy (non-hydrogen) atoms. The van der Waals surface area contributed by atoms with Gasteiger partial charge in [-0.25, -0.2) is 9.36 Å². The number of methoxy groups -OCH3 is 1. The molecule has 4 rings (SSSR count). The molecule has 156 valence electrons. The maximum atomic E-state index is 13.1. The van der Waals surface area contributed by atoms with Crippen LogP contribution < -0.4 is 16.0 Å². The first kappa shape index (κ1) is 19.5. The minimum absolute atomic E-state index is 0.162. The standard InChI is InChI=1S/C20H21N5O5/c1-5-30-15(26)11-24-18(27)16-17(22(3)20(24)28)21-19-23(16)10-12(2)25(19)13-7-6-8-14(9-13)29-4/h6-10H,5,11H2,1-4H3. The molecule has 3 heterocycles. The van der Waals surface area contributed by atoms with Crippen LogP contribution in [-0.2, 0) is 23.1 Å². The van der Waals surface area contributed by atoms with Crippen molar-refractivity contribution in [2.24, 2.45) is 7.05 Å². The van der Waals surface area contributed by atoms with Crippen molar-refractivity contribution in [2.45, 2.75) is 20.4 Å². The lowest BCUT2D eigenvalue weighted by molar-refractivity contribution is -0.143. The average Bonchev–Trinajstić information content (AvgIpc) is 3.24. The Morgan fingerprint density at radius 3 is 2.70 bits per heavy atom. The first-order chi connectivity index (χ1) is 14.4.